The molecule has 5 heteroatoms. The monoisotopic (exact) mass is 197 g/mol. The van der Waals surface area contributed by atoms with Crippen molar-refractivity contribution in [2.24, 2.45) is 0 Å². The Morgan fingerprint density at radius 2 is 2.29 bits per heavy atom. The Kier molecular flexibility index (Phi) is 2.91. The van der Waals surface area contributed by atoms with Crippen molar-refractivity contribution in [2.45, 2.75) is 13.5 Å². The zero-order chi connectivity index (χ0) is 10.7. The number of esters is 1. The van der Waals surface area contributed by atoms with Crippen molar-refractivity contribution >= 4 is 5.97 Å². The minimum Gasteiger partial charge on any atom is -0.503 e. The SMILES string of the molecule is COC(=O)Cn1ccc(=O)c(O)c1C. The third-order valence-electron chi connectivity index (χ3n) is 1.94. The van der Waals surface area contributed by atoms with E-state index in [1.807, 2.05) is 0 Å². The van der Waals surface area contributed by atoms with Crippen LogP contribution in [-0.4, -0.2) is 22.8 Å². The van der Waals surface area contributed by atoms with E-state index < -0.39 is 11.4 Å². The van der Waals surface area contributed by atoms with E-state index >= 15 is 0 Å². The summed E-state index contributed by atoms with van der Waals surface area (Å²) >= 11 is 0. The van der Waals surface area contributed by atoms with Gasteiger partial charge in [0.2, 0.25) is 5.43 Å². The van der Waals surface area contributed by atoms with Gasteiger partial charge in [0.15, 0.2) is 5.75 Å². The Morgan fingerprint density at radius 3 is 2.86 bits per heavy atom. The summed E-state index contributed by atoms with van der Waals surface area (Å²) in [6.07, 6.45) is 1.44. The van der Waals surface area contributed by atoms with E-state index in [2.05, 4.69) is 4.74 Å². The van der Waals surface area contributed by atoms with Crippen LogP contribution in [0.4, 0.5) is 0 Å². The highest BCUT2D eigenvalue weighted by atomic mass is 16.5. The van der Waals surface area contributed by atoms with E-state index in [0.29, 0.717) is 5.69 Å². The van der Waals surface area contributed by atoms with Gasteiger partial charge in [0.05, 0.1) is 12.8 Å². The second kappa shape index (κ2) is 3.95. The molecule has 1 aromatic heterocycles. The molecule has 0 radical (unpaired) electrons. The maximum Gasteiger partial charge on any atom is 0.325 e. The molecule has 0 aromatic carbocycles. The molecule has 0 aliphatic heterocycles. The van der Waals surface area contributed by atoms with E-state index in [9.17, 15) is 14.7 Å². The van der Waals surface area contributed by atoms with E-state index in [-0.39, 0.29) is 12.3 Å². The largest absolute Gasteiger partial charge is 0.503 e. The van der Waals surface area contributed by atoms with Crippen LogP contribution in [0.25, 0.3) is 0 Å². The van der Waals surface area contributed by atoms with Crippen molar-refractivity contribution in [3.8, 4) is 5.75 Å². The quantitative estimate of drug-likeness (QED) is 0.679. The second-order valence-electron chi connectivity index (χ2n) is 2.82. The number of rotatable bonds is 2. The van der Waals surface area contributed by atoms with E-state index in [1.165, 1.54) is 23.9 Å². The van der Waals surface area contributed by atoms with Crippen LogP contribution in [0.3, 0.4) is 0 Å². The number of aromatic hydroxyl groups is 1. The molecule has 1 rings (SSSR count). The predicted molar refractivity (Wildman–Crippen MR) is 49.1 cm³/mol. The summed E-state index contributed by atoms with van der Waals surface area (Å²) in [4.78, 5) is 21.9. The molecule has 0 saturated heterocycles. The molecule has 0 spiro atoms. The lowest BCUT2D eigenvalue weighted by Crippen LogP contribution is -2.16. The molecule has 14 heavy (non-hydrogen) atoms. The first-order valence-corrected chi connectivity index (χ1v) is 4.02. The summed E-state index contributed by atoms with van der Waals surface area (Å²) in [7, 11) is 1.28. The van der Waals surface area contributed by atoms with Gasteiger partial charge in [0, 0.05) is 12.3 Å². The normalized spacial score (nSPS) is 9.86. The molecular formula is C9H11NO4. The van der Waals surface area contributed by atoms with Gasteiger partial charge in [0.1, 0.15) is 6.54 Å². The van der Waals surface area contributed by atoms with Crippen LogP contribution in [0, 0.1) is 6.92 Å². The van der Waals surface area contributed by atoms with Crippen molar-refractivity contribution in [1.82, 2.24) is 4.57 Å². The van der Waals surface area contributed by atoms with Crippen LogP contribution in [0.2, 0.25) is 0 Å². The fourth-order valence-corrected chi connectivity index (χ4v) is 1.04. The average molecular weight is 197 g/mol. The number of pyridine rings is 1. The molecule has 76 valence electrons. The van der Waals surface area contributed by atoms with Crippen molar-refractivity contribution in [2.75, 3.05) is 7.11 Å². The Morgan fingerprint density at radius 1 is 1.64 bits per heavy atom. The first kappa shape index (κ1) is 10.3. The van der Waals surface area contributed by atoms with Crippen LogP contribution in [-0.2, 0) is 16.1 Å². The molecule has 0 unspecified atom stereocenters. The topological polar surface area (TPSA) is 68.5 Å². The molecule has 0 amide bonds. The predicted octanol–water partition coefficient (Wildman–Crippen LogP) is 0.0353. The highest BCUT2D eigenvalue weighted by Gasteiger charge is 2.08. The molecule has 0 saturated carbocycles. The summed E-state index contributed by atoms with van der Waals surface area (Å²) in [5, 5.41) is 9.29. The summed E-state index contributed by atoms with van der Waals surface area (Å²) in [6.45, 7) is 1.54. The Balaban J connectivity index is 3.06. The maximum absolute atomic E-state index is 11.0. The van der Waals surface area contributed by atoms with Crippen LogP contribution in [0.1, 0.15) is 5.69 Å². The number of methoxy groups -OCH3 is 1. The molecule has 0 bridgehead atoms. The molecule has 1 heterocycles. The zero-order valence-electron chi connectivity index (χ0n) is 7.98. The van der Waals surface area contributed by atoms with Crippen molar-refractivity contribution in [3.05, 3.63) is 28.2 Å². The molecular weight excluding hydrogens is 186 g/mol. The molecule has 1 N–H and O–H groups in total. The molecule has 0 aliphatic rings. The minimum absolute atomic E-state index is 0.0177. The lowest BCUT2D eigenvalue weighted by atomic mass is 10.3. The lowest BCUT2D eigenvalue weighted by molar-refractivity contribution is -0.141. The van der Waals surface area contributed by atoms with Crippen molar-refractivity contribution in [3.63, 3.8) is 0 Å². The number of carbonyl (C=O) groups excluding carboxylic acids is 1. The van der Waals surface area contributed by atoms with Gasteiger partial charge in [-0.15, -0.1) is 0 Å². The summed E-state index contributed by atoms with van der Waals surface area (Å²) in [5.74, 6) is -0.771. The molecule has 0 aliphatic carbocycles. The van der Waals surface area contributed by atoms with Crippen LogP contribution in [0.5, 0.6) is 5.75 Å². The van der Waals surface area contributed by atoms with Gasteiger partial charge in [-0.25, -0.2) is 0 Å². The fourth-order valence-electron chi connectivity index (χ4n) is 1.04. The lowest BCUT2D eigenvalue weighted by Gasteiger charge is -2.09. The smallest absolute Gasteiger partial charge is 0.325 e. The number of ether oxygens (including phenoxy) is 1. The van der Waals surface area contributed by atoms with Gasteiger partial charge >= 0.3 is 5.97 Å². The standard InChI is InChI=1S/C9H11NO4/c1-6-9(13)7(11)3-4-10(6)5-8(12)14-2/h3-4,13H,5H2,1-2H3. The molecule has 0 atom stereocenters. The highest BCUT2D eigenvalue weighted by molar-refractivity contribution is 5.69. The van der Waals surface area contributed by atoms with Gasteiger partial charge in [-0.1, -0.05) is 0 Å². The van der Waals surface area contributed by atoms with Crippen molar-refractivity contribution < 1.29 is 14.6 Å². The Labute approximate surface area is 80.6 Å². The summed E-state index contributed by atoms with van der Waals surface area (Å²) in [6, 6.07) is 1.20. The summed E-state index contributed by atoms with van der Waals surface area (Å²) in [5.41, 5.74) is -0.105. The van der Waals surface area contributed by atoms with Gasteiger partial charge in [-0.05, 0) is 6.92 Å². The number of nitrogens with zero attached hydrogens (tertiary/aromatic N) is 1. The first-order valence-electron chi connectivity index (χ1n) is 4.02. The Hall–Kier alpha value is -1.78. The molecule has 1 aromatic rings. The molecule has 0 fully saturated rings. The number of hydrogen-bond acceptors (Lipinski definition) is 4. The van der Waals surface area contributed by atoms with Crippen LogP contribution in [0.15, 0.2) is 17.1 Å². The maximum atomic E-state index is 11.0. The van der Waals surface area contributed by atoms with Gasteiger partial charge in [-0.3, -0.25) is 9.59 Å². The number of carbonyl (C=O) groups is 1. The summed E-state index contributed by atoms with van der Waals surface area (Å²) < 4.78 is 5.91. The van der Waals surface area contributed by atoms with Crippen molar-refractivity contribution in [1.29, 1.82) is 0 Å². The second-order valence-corrected chi connectivity index (χ2v) is 2.82. The fraction of sp³-hybridized carbons (Fsp3) is 0.333. The molecule has 5 nitrogen and oxygen atoms in total. The third kappa shape index (κ3) is 1.93. The van der Waals surface area contributed by atoms with E-state index in [0.717, 1.165) is 0 Å². The number of aromatic nitrogens is 1. The van der Waals surface area contributed by atoms with E-state index in [4.69, 9.17) is 0 Å². The highest BCUT2D eigenvalue weighted by Crippen LogP contribution is 2.08. The zero-order valence-corrected chi connectivity index (χ0v) is 7.98. The number of hydrogen-bond donors (Lipinski definition) is 1. The van der Waals surface area contributed by atoms with Crippen LogP contribution >= 0.6 is 0 Å². The minimum atomic E-state index is -0.455. The average Bonchev–Trinajstić information content (AvgIpc) is 2.19. The van der Waals surface area contributed by atoms with Crippen LogP contribution < -0.4 is 5.43 Å². The third-order valence-corrected chi connectivity index (χ3v) is 1.94. The van der Waals surface area contributed by atoms with Gasteiger partial charge in [0.25, 0.3) is 0 Å². The first-order chi connectivity index (χ1) is 6.56. The van der Waals surface area contributed by atoms with Gasteiger partial charge < -0.3 is 14.4 Å². The van der Waals surface area contributed by atoms with Gasteiger partial charge in [-0.2, -0.15) is 0 Å². The van der Waals surface area contributed by atoms with E-state index in [1.54, 1.807) is 6.92 Å². The Bertz CT molecular complexity index is 408.